The fourth-order valence-electron chi connectivity index (χ4n) is 4.86. The van der Waals surface area contributed by atoms with Gasteiger partial charge in [0.05, 0.1) is 12.1 Å². The van der Waals surface area contributed by atoms with Gasteiger partial charge in [-0.15, -0.1) is 0 Å². The summed E-state index contributed by atoms with van der Waals surface area (Å²) in [6.07, 6.45) is 2.92. The van der Waals surface area contributed by atoms with E-state index in [9.17, 15) is 14.0 Å². The zero-order chi connectivity index (χ0) is 26.4. The highest BCUT2D eigenvalue weighted by Gasteiger charge is 2.40. The van der Waals surface area contributed by atoms with E-state index in [0.29, 0.717) is 36.2 Å². The van der Waals surface area contributed by atoms with Gasteiger partial charge in [0, 0.05) is 40.2 Å². The van der Waals surface area contributed by atoms with E-state index < -0.39 is 18.3 Å². The van der Waals surface area contributed by atoms with Crippen LogP contribution in [0.3, 0.4) is 0 Å². The molecule has 0 unspecified atom stereocenters. The van der Waals surface area contributed by atoms with Crippen LogP contribution in [0.2, 0.25) is 0 Å². The molecule has 0 saturated carbocycles. The lowest BCUT2D eigenvalue weighted by atomic mass is 10.0. The molecule has 1 saturated heterocycles. The van der Waals surface area contributed by atoms with Crippen LogP contribution in [0.15, 0.2) is 71.5 Å². The van der Waals surface area contributed by atoms with Gasteiger partial charge in [0.1, 0.15) is 11.8 Å². The van der Waals surface area contributed by atoms with Crippen LogP contribution in [-0.4, -0.2) is 44.1 Å². The molecule has 0 radical (unpaired) electrons. The first-order chi connectivity index (χ1) is 18.4. The van der Waals surface area contributed by atoms with Crippen LogP contribution < -0.4 is 5.32 Å². The fourth-order valence-corrected chi connectivity index (χ4v) is 5.13. The van der Waals surface area contributed by atoms with Gasteiger partial charge in [-0.25, -0.2) is 9.67 Å². The molecule has 0 spiro atoms. The average Bonchev–Trinajstić information content (AvgIpc) is 3.58. The summed E-state index contributed by atoms with van der Waals surface area (Å²) < 4.78 is 22.4. The number of nitrogens with one attached hydrogen (secondary N) is 1. The second-order valence-corrected chi connectivity index (χ2v) is 10.3. The smallest absolute Gasteiger partial charge is 0.253 e. The molecule has 1 N–H and O–H groups in total. The van der Waals surface area contributed by atoms with Crippen LogP contribution in [-0.2, 0) is 27.2 Å². The van der Waals surface area contributed by atoms with Gasteiger partial charge < -0.3 is 15.0 Å². The number of aromatic nitrogens is 3. The molecule has 0 aliphatic carbocycles. The van der Waals surface area contributed by atoms with Crippen molar-refractivity contribution < 1.29 is 18.7 Å². The summed E-state index contributed by atoms with van der Waals surface area (Å²) in [6, 6.07) is 16.4. The number of carbonyl (C=O) groups is 2. The lowest BCUT2D eigenvalue weighted by molar-refractivity contribution is -0.130. The molecule has 2 aliphatic rings. The molecule has 4 aromatic rings. The Labute approximate surface area is 226 Å². The molecule has 0 bridgehead atoms. The number of anilines is 1. The third-order valence-electron chi connectivity index (χ3n) is 6.78. The molecular formula is C28H23BrFN5O3. The summed E-state index contributed by atoms with van der Waals surface area (Å²) in [5, 5.41) is 7.63. The number of amides is 2. The number of ether oxygens (including phenoxy) is 1. The van der Waals surface area contributed by atoms with Crippen molar-refractivity contribution >= 4 is 33.4 Å². The van der Waals surface area contributed by atoms with Crippen molar-refractivity contribution in [2.45, 2.75) is 32.1 Å². The highest BCUT2D eigenvalue weighted by molar-refractivity contribution is 9.10. The summed E-state index contributed by atoms with van der Waals surface area (Å²) in [7, 11) is 0. The summed E-state index contributed by atoms with van der Waals surface area (Å²) >= 11 is 3.45. The number of fused-ring (bicyclic) bond motifs is 1. The largest absolute Gasteiger partial charge is 0.341 e. The molecule has 192 valence electrons. The van der Waals surface area contributed by atoms with E-state index in [-0.39, 0.29) is 11.8 Å². The number of hydrogen-bond acceptors (Lipinski definition) is 5. The van der Waals surface area contributed by atoms with Gasteiger partial charge in [-0.3, -0.25) is 9.59 Å². The second kappa shape index (κ2) is 9.77. The van der Waals surface area contributed by atoms with Crippen molar-refractivity contribution in [3.05, 3.63) is 94.1 Å². The minimum absolute atomic E-state index is 0.0141. The highest BCUT2D eigenvalue weighted by atomic mass is 79.9. The van der Waals surface area contributed by atoms with E-state index >= 15 is 0 Å². The Bertz CT molecular complexity index is 1540. The van der Waals surface area contributed by atoms with Gasteiger partial charge in [0.15, 0.2) is 6.23 Å². The van der Waals surface area contributed by atoms with Crippen LogP contribution in [0.5, 0.6) is 0 Å². The van der Waals surface area contributed by atoms with Crippen LogP contribution >= 0.6 is 15.9 Å². The molecule has 2 aliphatic heterocycles. The molecule has 4 heterocycles. The lowest BCUT2D eigenvalue weighted by Crippen LogP contribution is -2.32. The highest BCUT2D eigenvalue weighted by Crippen LogP contribution is 2.37. The predicted octanol–water partition coefficient (Wildman–Crippen LogP) is 4.82. The van der Waals surface area contributed by atoms with Crippen molar-refractivity contribution in [3.8, 4) is 16.9 Å². The van der Waals surface area contributed by atoms with Crippen molar-refractivity contribution in [1.82, 2.24) is 19.7 Å². The van der Waals surface area contributed by atoms with E-state index in [1.165, 1.54) is 12.3 Å². The zero-order valence-corrected chi connectivity index (χ0v) is 22.0. The molecule has 10 heteroatoms. The molecule has 1 fully saturated rings. The number of halogens is 2. The Balaban J connectivity index is 1.34. The molecular weight excluding hydrogens is 553 g/mol. The maximum atomic E-state index is 13.6. The quantitative estimate of drug-likeness (QED) is 0.333. The van der Waals surface area contributed by atoms with Crippen molar-refractivity contribution in [1.29, 1.82) is 0 Å². The first-order valence-electron chi connectivity index (χ1n) is 12.2. The summed E-state index contributed by atoms with van der Waals surface area (Å²) in [5.74, 6) is -0.719. The number of rotatable bonds is 6. The van der Waals surface area contributed by atoms with E-state index in [1.807, 2.05) is 48.7 Å². The Hall–Kier alpha value is -3.89. The van der Waals surface area contributed by atoms with E-state index in [0.717, 1.165) is 27.0 Å². The summed E-state index contributed by atoms with van der Waals surface area (Å²) in [4.78, 5) is 30.4. The minimum Gasteiger partial charge on any atom is -0.341 e. The maximum Gasteiger partial charge on any atom is 0.253 e. The van der Waals surface area contributed by atoms with Gasteiger partial charge >= 0.3 is 0 Å². The van der Waals surface area contributed by atoms with Crippen LogP contribution in [0, 0.1) is 5.95 Å². The Morgan fingerprint density at radius 1 is 1.13 bits per heavy atom. The molecule has 2 amide bonds. The number of carbonyl (C=O) groups excluding carboxylic acids is 2. The van der Waals surface area contributed by atoms with E-state index in [2.05, 4.69) is 26.2 Å². The molecule has 2 atom stereocenters. The van der Waals surface area contributed by atoms with Gasteiger partial charge in [0.25, 0.3) is 5.91 Å². The molecule has 2 aromatic carbocycles. The monoisotopic (exact) mass is 575 g/mol. The Kier molecular flexibility index (Phi) is 6.29. The summed E-state index contributed by atoms with van der Waals surface area (Å²) in [6.45, 7) is 2.15. The van der Waals surface area contributed by atoms with Crippen LogP contribution in [0.4, 0.5) is 10.1 Å². The number of hydrogen-bond donors (Lipinski definition) is 1. The molecule has 2 aromatic heterocycles. The van der Waals surface area contributed by atoms with Gasteiger partial charge in [-0.2, -0.15) is 9.49 Å². The second-order valence-electron chi connectivity index (χ2n) is 9.35. The molecule has 8 nitrogen and oxygen atoms in total. The Morgan fingerprint density at radius 3 is 2.71 bits per heavy atom. The normalized spacial score (nSPS) is 18.7. The standard InChI is InChI=1S/C28H23BrFN5O3/c1-16-27(37)34(11-10-17-2-8-23-19(12-17)13-25(36)32-23)28(38-16)22-15-35(21-6-4-20(29)5-7-21)33-26(22)18-3-9-24(30)31-14-18/h2-9,12,14-16,28H,10-11,13H2,1H3,(H,32,36)/t16-,28+/m0/s1. The number of benzene rings is 2. The van der Waals surface area contributed by atoms with Gasteiger partial charge in [-0.05, 0) is 66.9 Å². The maximum absolute atomic E-state index is 13.6. The van der Waals surface area contributed by atoms with E-state index in [1.54, 1.807) is 22.6 Å². The first-order valence-corrected chi connectivity index (χ1v) is 13.0. The lowest BCUT2D eigenvalue weighted by Gasteiger charge is -2.23. The van der Waals surface area contributed by atoms with Crippen LogP contribution in [0.1, 0.15) is 29.8 Å². The summed E-state index contributed by atoms with van der Waals surface area (Å²) in [5.41, 5.74) is 5.50. The average molecular weight is 576 g/mol. The van der Waals surface area contributed by atoms with Gasteiger partial charge in [-0.1, -0.05) is 28.1 Å². The minimum atomic E-state index is -0.681. The molecule has 38 heavy (non-hydrogen) atoms. The number of pyridine rings is 1. The first kappa shape index (κ1) is 24.4. The topological polar surface area (TPSA) is 89.3 Å². The fraction of sp³-hybridized carbons (Fsp3) is 0.214. The molecule has 6 rings (SSSR count). The van der Waals surface area contributed by atoms with Crippen molar-refractivity contribution in [2.24, 2.45) is 0 Å². The van der Waals surface area contributed by atoms with Crippen molar-refractivity contribution in [2.75, 3.05) is 11.9 Å². The van der Waals surface area contributed by atoms with Crippen LogP contribution in [0.25, 0.3) is 16.9 Å². The van der Waals surface area contributed by atoms with E-state index in [4.69, 9.17) is 9.84 Å². The number of nitrogens with zero attached hydrogens (tertiary/aromatic N) is 4. The third kappa shape index (κ3) is 4.61. The zero-order valence-electron chi connectivity index (χ0n) is 20.4. The predicted molar refractivity (Wildman–Crippen MR) is 142 cm³/mol. The van der Waals surface area contributed by atoms with Gasteiger partial charge in [0.2, 0.25) is 11.9 Å². The third-order valence-corrected chi connectivity index (χ3v) is 7.31. The SMILES string of the molecule is C[C@@H]1O[C@H](c2cn(-c3ccc(Br)cc3)nc2-c2ccc(F)nc2)N(CCc2ccc3c(c2)CC(=O)N3)C1=O. The van der Waals surface area contributed by atoms with Crippen molar-refractivity contribution in [3.63, 3.8) is 0 Å². The Morgan fingerprint density at radius 2 is 1.95 bits per heavy atom.